The van der Waals surface area contributed by atoms with Crippen LogP contribution in [0.3, 0.4) is 0 Å². The van der Waals surface area contributed by atoms with Crippen LogP contribution in [0.2, 0.25) is 0 Å². The van der Waals surface area contributed by atoms with Crippen molar-refractivity contribution < 1.29 is 9.59 Å². The summed E-state index contributed by atoms with van der Waals surface area (Å²) in [4.78, 5) is 31.4. The summed E-state index contributed by atoms with van der Waals surface area (Å²) in [6.07, 6.45) is 0. The molecule has 2 aromatic rings. The van der Waals surface area contributed by atoms with Gasteiger partial charge < -0.3 is 16.0 Å². The Hall–Kier alpha value is -2.96. The van der Waals surface area contributed by atoms with E-state index in [-0.39, 0.29) is 11.8 Å². The van der Waals surface area contributed by atoms with Gasteiger partial charge in [-0.15, -0.1) is 0 Å². The lowest BCUT2D eigenvalue weighted by atomic mass is 10.2. The second-order valence-electron chi connectivity index (χ2n) is 5.42. The minimum atomic E-state index is -0.186. The molecule has 0 atom stereocenters. The molecule has 1 heterocycles. The van der Waals surface area contributed by atoms with Gasteiger partial charge in [-0.05, 0) is 44.2 Å². The van der Waals surface area contributed by atoms with Gasteiger partial charge in [0.25, 0.3) is 5.91 Å². The van der Waals surface area contributed by atoms with E-state index in [0.29, 0.717) is 24.6 Å². The Kier molecular flexibility index (Phi) is 5.83. The Morgan fingerprint density at radius 2 is 1.54 bits per heavy atom. The minimum absolute atomic E-state index is 0.117. The number of carbonyl (C=O) groups is 2. The first kappa shape index (κ1) is 17.4. The quantitative estimate of drug-likeness (QED) is 0.702. The van der Waals surface area contributed by atoms with Crippen molar-refractivity contribution in [2.45, 2.75) is 20.8 Å². The molecule has 0 bridgehead atoms. The number of aromatic nitrogens is 2. The monoisotopic (exact) mass is 327 g/mol. The Morgan fingerprint density at radius 3 is 2.12 bits per heavy atom. The van der Waals surface area contributed by atoms with Crippen LogP contribution in [0.15, 0.2) is 30.3 Å². The normalized spacial score (nSPS) is 10.1. The first-order valence-electron chi connectivity index (χ1n) is 7.66. The molecule has 1 aromatic heterocycles. The van der Waals surface area contributed by atoms with Crippen LogP contribution in [0.5, 0.6) is 0 Å². The summed E-state index contributed by atoms with van der Waals surface area (Å²) in [7, 11) is 0. The third-order valence-electron chi connectivity index (χ3n) is 3.17. The van der Waals surface area contributed by atoms with E-state index in [9.17, 15) is 9.59 Å². The number of amides is 2. The molecule has 0 spiro atoms. The van der Waals surface area contributed by atoms with Crippen molar-refractivity contribution in [3.8, 4) is 0 Å². The van der Waals surface area contributed by atoms with E-state index in [0.717, 1.165) is 17.1 Å². The summed E-state index contributed by atoms with van der Waals surface area (Å²) in [6, 6.07) is 8.94. The maximum atomic E-state index is 12.0. The van der Waals surface area contributed by atoms with Crippen molar-refractivity contribution in [3.05, 3.63) is 47.3 Å². The molecule has 126 valence electrons. The number of hydrogen-bond acceptors (Lipinski definition) is 5. The van der Waals surface area contributed by atoms with E-state index in [1.807, 2.05) is 19.9 Å². The summed E-state index contributed by atoms with van der Waals surface area (Å²) in [5.41, 5.74) is 3.12. The number of benzene rings is 1. The second kappa shape index (κ2) is 8.05. The predicted octanol–water partition coefficient (Wildman–Crippen LogP) is 1.70. The Morgan fingerprint density at radius 1 is 0.958 bits per heavy atom. The number of hydrogen-bond donors (Lipinski definition) is 3. The smallest absolute Gasteiger partial charge is 0.251 e. The zero-order valence-corrected chi connectivity index (χ0v) is 14.0. The largest absolute Gasteiger partial charge is 0.355 e. The van der Waals surface area contributed by atoms with Crippen LogP contribution in [0.1, 0.15) is 28.7 Å². The Labute approximate surface area is 140 Å². The Balaban J connectivity index is 1.92. The highest BCUT2D eigenvalue weighted by Crippen LogP contribution is 2.14. The van der Waals surface area contributed by atoms with Gasteiger partial charge in [0.2, 0.25) is 11.9 Å². The number of anilines is 2. The van der Waals surface area contributed by atoms with Crippen LogP contribution in [0.25, 0.3) is 0 Å². The zero-order chi connectivity index (χ0) is 17.5. The second-order valence-corrected chi connectivity index (χ2v) is 5.42. The van der Waals surface area contributed by atoms with Gasteiger partial charge in [0.1, 0.15) is 0 Å². The van der Waals surface area contributed by atoms with Crippen molar-refractivity contribution in [3.63, 3.8) is 0 Å². The lowest BCUT2D eigenvalue weighted by Gasteiger charge is -2.08. The third-order valence-corrected chi connectivity index (χ3v) is 3.17. The molecule has 7 heteroatoms. The van der Waals surface area contributed by atoms with Gasteiger partial charge >= 0.3 is 0 Å². The number of aryl methyl sites for hydroxylation is 2. The molecule has 0 aliphatic carbocycles. The molecule has 0 radical (unpaired) electrons. The highest BCUT2D eigenvalue weighted by atomic mass is 16.2. The maximum absolute atomic E-state index is 12.0. The molecular formula is C17H21N5O2. The molecule has 24 heavy (non-hydrogen) atoms. The Bertz CT molecular complexity index is 708. The summed E-state index contributed by atoms with van der Waals surface area (Å²) >= 11 is 0. The summed E-state index contributed by atoms with van der Waals surface area (Å²) in [5, 5.41) is 8.47. The molecule has 1 aromatic carbocycles. The van der Waals surface area contributed by atoms with Gasteiger partial charge in [0, 0.05) is 42.7 Å². The van der Waals surface area contributed by atoms with Gasteiger partial charge in [-0.1, -0.05) is 0 Å². The van der Waals surface area contributed by atoms with Crippen molar-refractivity contribution >= 4 is 23.5 Å². The van der Waals surface area contributed by atoms with E-state index in [1.165, 1.54) is 6.92 Å². The molecule has 3 N–H and O–H groups in total. The van der Waals surface area contributed by atoms with Gasteiger partial charge in [0.15, 0.2) is 0 Å². The molecule has 2 amide bonds. The summed E-state index contributed by atoms with van der Waals surface area (Å²) < 4.78 is 0. The summed E-state index contributed by atoms with van der Waals surface area (Å²) in [6.45, 7) is 6.05. The van der Waals surface area contributed by atoms with Crippen molar-refractivity contribution in [2.24, 2.45) is 0 Å². The number of rotatable bonds is 6. The van der Waals surface area contributed by atoms with Crippen molar-refractivity contribution in [1.29, 1.82) is 0 Å². The standard InChI is InChI=1S/C17H21N5O2/c1-11-10-12(2)21-17(20-11)22-15-6-4-14(5-7-15)16(24)19-9-8-18-13(3)23/h4-7,10H,8-9H2,1-3H3,(H,18,23)(H,19,24)(H,20,21,22). The predicted molar refractivity (Wildman–Crippen MR) is 92.2 cm³/mol. The fourth-order valence-corrected chi connectivity index (χ4v) is 2.13. The molecule has 7 nitrogen and oxygen atoms in total. The third kappa shape index (κ3) is 5.35. The van der Waals surface area contributed by atoms with E-state index in [1.54, 1.807) is 24.3 Å². The first-order valence-corrected chi connectivity index (χ1v) is 7.66. The van der Waals surface area contributed by atoms with E-state index >= 15 is 0 Å². The van der Waals surface area contributed by atoms with E-state index in [4.69, 9.17) is 0 Å². The van der Waals surface area contributed by atoms with Crippen LogP contribution in [-0.2, 0) is 4.79 Å². The van der Waals surface area contributed by atoms with Crippen LogP contribution in [0.4, 0.5) is 11.6 Å². The SMILES string of the molecule is CC(=O)NCCNC(=O)c1ccc(Nc2nc(C)cc(C)n2)cc1. The summed E-state index contributed by atoms with van der Waals surface area (Å²) in [5.74, 6) is 0.225. The van der Waals surface area contributed by atoms with E-state index < -0.39 is 0 Å². The molecule has 0 aliphatic rings. The molecule has 0 saturated carbocycles. The number of carbonyl (C=O) groups excluding carboxylic acids is 2. The molecule has 0 fully saturated rings. The van der Waals surface area contributed by atoms with Crippen LogP contribution >= 0.6 is 0 Å². The molecular weight excluding hydrogens is 306 g/mol. The molecule has 0 saturated heterocycles. The average Bonchev–Trinajstić information content (AvgIpc) is 2.51. The number of nitrogens with one attached hydrogen (secondary N) is 3. The maximum Gasteiger partial charge on any atom is 0.251 e. The van der Waals surface area contributed by atoms with Crippen LogP contribution in [-0.4, -0.2) is 34.9 Å². The molecule has 0 unspecified atom stereocenters. The first-order chi connectivity index (χ1) is 11.4. The average molecular weight is 327 g/mol. The molecule has 2 rings (SSSR count). The van der Waals surface area contributed by atoms with Crippen LogP contribution in [0, 0.1) is 13.8 Å². The van der Waals surface area contributed by atoms with Gasteiger partial charge in [-0.2, -0.15) is 0 Å². The lowest BCUT2D eigenvalue weighted by Crippen LogP contribution is -2.33. The zero-order valence-electron chi connectivity index (χ0n) is 14.0. The highest BCUT2D eigenvalue weighted by Gasteiger charge is 2.06. The van der Waals surface area contributed by atoms with E-state index in [2.05, 4.69) is 25.9 Å². The highest BCUT2D eigenvalue weighted by molar-refractivity contribution is 5.94. The number of nitrogens with zero attached hydrogens (tertiary/aromatic N) is 2. The minimum Gasteiger partial charge on any atom is -0.355 e. The van der Waals surface area contributed by atoms with Gasteiger partial charge in [0.05, 0.1) is 0 Å². The van der Waals surface area contributed by atoms with Gasteiger partial charge in [-0.3, -0.25) is 9.59 Å². The van der Waals surface area contributed by atoms with Crippen molar-refractivity contribution in [2.75, 3.05) is 18.4 Å². The lowest BCUT2D eigenvalue weighted by molar-refractivity contribution is -0.118. The van der Waals surface area contributed by atoms with Crippen LogP contribution < -0.4 is 16.0 Å². The van der Waals surface area contributed by atoms with Crippen molar-refractivity contribution in [1.82, 2.24) is 20.6 Å². The fourth-order valence-electron chi connectivity index (χ4n) is 2.13. The topological polar surface area (TPSA) is 96.0 Å². The molecule has 0 aliphatic heterocycles. The fraction of sp³-hybridized carbons (Fsp3) is 0.294. The van der Waals surface area contributed by atoms with Gasteiger partial charge in [-0.25, -0.2) is 9.97 Å².